The largest absolute Gasteiger partial charge is 0.295 e. The lowest BCUT2D eigenvalue weighted by Crippen LogP contribution is -2.18. The topological polar surface area (TPSA) is 63.2 Å². The Bertz CT molecular complexity index is 542. The Hall–Kier alpha value is -1.62. The van der Waals surface area contributed by atoms with Crippen LogP contribution in [-0.4, -0.2) is 14.2 Å². The van der Waals surface area contributed by atoms with Crippen LogP contribution in [0.15, 0.2) is 41.4 Å². The first-order chi connectivity index (χ1) is 8.33. The van der Waals surface area contributed by atoms with Crippen LogP contribution in [-0.2, 0) is 14.8 Å². The number of nitrogens with one attached hydrogen (secondary N) is 1. The molecule has 0 bridgehead atoms. The summed E-state index contributed by atoms with van der Waals surface area (Å²) in [6.45, 7) is 5.38. The SMILES string of the molecule is Cc1ccc(S(=O)(=O)N/C=C\C(=O)C(C)C)cc1. The maximum absolute atomic E-state index is 11.8. The first-order valence-corrected chi connectivity index (χ1v) is 7.10. The third-order valence-corrected chi connectivity index (χ3v) is 3.71. The number of rotatable bonds is 5. The predicted octanol–water partition coefficient (Wildman–Crippen LogP) is 2.01. The number of hydrogen-bond donors (Lipinski definition) is 1. The minimum Gasteiger partial charge on any atom is -0.295 e. The molecule has 1 aromatic carbocycles. The van der Waals surface area contributed by atoms with E-state index in [4.69, 9.17) is 0 Å². The van der Waals surface area contributed by atoms with Gasteiger partial charge >= 0.3 is 0 Å². The molecule has 0 unspecified atom stereocenters. The molecule has 0 aliphatic heterocycles. The molecule has 0 atom stereocenters. The molecule has 0 saturated carbocycles. The molecule has 0 aromatic heterocycles. The van der Waals surface area contributed by atoms with Gasteiger partial charge in [-0.2, -0.15) is 0 Å². The normalized spacial score (nSPS) is 12.0. The van der Waals surface area contributed by atoms with Gasteiger partial charge in [0.2, 0.25) is 0 Å². The van der Waals surface area contributed by atoms with Gasteiger partial charge < -0.3 is 0 Å². The van der Waals surface area contributed by atoms with Crippen molar-refractivity contribution in [2.75, 3.05) is 0 Å². The van der Waals surface area contributed by atoms with Crippen LogP contribution in [0.4, 0.5) is 0 Å². The van der Waals surface area contributed by atoms with Gasteiger partial charge in [-0.1, -0.05) is 31.5 Å². The number of aryl methyl sites for hydroxylation is 1. The number of hydrogen-bond acceptors (Lipinski definition) is 3. The van der Waals surface area contributed by atoms with Gasteiger partial charge in [-0.25, -0.2) is 8.42 Å². The van der Waals surface area contributed by atoms with E-state index < -0.39 is 10.0 Å². The Labute approximate surface area is 108 Å². The van der Waals surface area contributed by atoms with Crippen molar-refractivity contribution in [1.29, 1.82) is 0 Å². The molecule has 0 radical (unpaired) electrons. The lowest BCUT2D eigenvalue weighted by Gasteiger charge is -2.04. The molecule has 1 N–H and O–H groups in total. The van der Waals surface area contributed by atoms with E-state index in [1.807, 2.05) is 6.92 Å². The van der Waals surface area contributed by atoms with E-state index in [0.29, 0.717) is 0 Å². The molecule has 0 spiro atoms. The first-order valence-electron chi connectivity index (χ1n) is 5.62. The van der Waals surface area contributed by atoms with E-state index in [-0.39, 0.29) is 16.6 Å². The highest BCUT2D eigenvalue weighted by Gasteiger charge is 2.11. The van der Waals surface area contributed by atoms with Crippen LogP contribution in [0.25, 0.3) is 0 Å². The highest BCUT2D eigenvalue weighted by atomic mass is 32.2. The van der Waals surface area contributed by atoms with Crippen molar-refractivity contribution in [2.45, 2.75) is 25.7 Å². The van der Waals surface area contributed by atoms with Crippen molar-refractivity contribution in [1.82, 2.24) is 4.72 Å². The molecule has 0 saturated heterocycles. The number of benzene rings is 1. The molecule has 0 aliphatic carbocycles. The molecule has 1 aromatic rings. The number of carbonyl (C=O) groups is 1. The molecule has 98 valence electrons. The predicted molar refractivity (Wildman–Crippen MR) is 70.5 cm³/mol. The molecule has 0 amide bonds. The van der Waals surface area contributed by atoms with E-state index in [1.54, 1.807) is 26.0 Å². The van der Waals surface area contributed by atoms with Gasteiger partial charge in [0.05, 0.1) is 4.90 Å². The zero-order chi connectivity index (χ0) is 13.8. The van der Waals surface area contributed by atoms with Crippen LogP contribution in [0.1, 0.15) is 19.4 Å². The van der Waals surface area contributed by atoms with E-state index >= 15 is 0 Å². The van der Waals surface area contributed by atoms with Crippen LogP contribution in [0, 0.1) is 12.8 Å². The molecule has 18 heavy (non-hydrogen) atoms. The maximum Gasteiger partial charge on any atom is 0.261 e. The Morgan fingerprint density at radius 1 is 1.22 bits per heavy atom. The summed E-state index contributed by atoms with van der Waals surface area (Å²) in [6.07, 6.45) is 2.40. The Morgan fingerprint density at radius 2 is 1.78 bits per heavy atom. The average Bonchev–Trinajstić information content (AvgIpc) is 2.29. The Kier molecular flexibility index (Phi) is 4.67. The van der Waals surface area contributed by atoms with Crippen LogP contribution in [0.2, 0.25) is 0 Å². The molecular formula is C13H17NO3S. The van der Waals surface area contributed by atoms with Crippen LogP contribution in [0.3, 0.4) is 0 Å². The van der Waals surface area contributed by atoms with Gasteiger partial charge in [0.1, 0.15) is 0 Å². The number of sulfonamides is 1. The quantitative estimate of drug-likeness (QED) is 0.830. The number of ketones is 1. The van der Waals surface area contributed by atoms with E-state index in [2.05, 4.69) is 4.72 Å². The van der Waals surface area contributed by atoms with Gasteiger partial charge in [-0.15, -0.1) is 0 Å². The number of carbonyl (C=O) groups excluding carboxylic acids is 1. The van der Waals surface area contributed by atoms with E-state index in [9.17, 15) is 13.2 Å². The summed E-state index contributed by atoms with van der Waals surface area (Å²) < 4.78 is 25.9. The fourth-order valence-corrected chi connectivity index (χ4v) is 2.06. The maximum atomic E-state index is 11.8. The summed E-state index contributed by atoms with van der Waals surface area (Å²) in [7, 11) is -3.59. The lowest BCUT2D eigenvalue weighted by molar-refractivity contribution is -0.117. The summed E-state index contributed by atoms with van der Waals surface area (Å²) in [6, 6.07) is 6.49. The van der Waals surface area contributed by atoms with Crippen molar-refractivity contribution in [3.8, 4) is 0 Å². The van der Waals surface area contributed by atoms with Crippen molar-refractivity contribution in [2.24, 2.45) is 5.92 Å². The van der Waals surface area contributed by atoms with Crippen LogP contribution < -0.4 is 4.72 Å². The Morgan fingerprint density at radius 3 is 2.28 bits per heavy atom. The molecule has 1 rings (SSSR count). The third kappa shape index (κ3) is 4.00. The zero-order valence-electron chi connectivity index (χ0n) is 10.7. The Balaban J connectivity index is 2.77. The van der Waals surface area contributed by atoms with Crippen molar-refractivity contribution < 1.29 is 13.2 Å². The lowest BCUT2D eigenvalue weighted by atomic mass is 10.1. The van der Waals surface area contributed by atoms with Crippen molar-refractivity contribution in [3.63, 3.8) is 0 Å². The molecule has 0 aliphatic rings. The zero-order valence-corrected chi connectivity index (χ0v) is 11.5. The average molecular weight is 267 g/mol. The number of allylic oxidation sites excluding steroid dienone is 1. The summed E-state index contributed by atoms with van der Waals surface area (Å²) in [5, 5.41) is 0. The van der Waals surface area contributed by atoms with Gasteiger partial charge in [0.25, 0.3) is 10.0 Å². The fourth-order valence-electron chi connectivity index (χ4n) is 1.18. The van der Waals surface area contributed by atoms with Gasteiger partial charge in [0, 0.05) is 12.1 Å². The molecule has 0 fully saturated rings. The van der Waals surface area contributed by atoms with Gasteiger partial charge in [-0.3, -0.25) is 9.52 Å². The highest BCUT2D eigenvalue weighted by Crippen LogP contribution is 2.09. The summed E-state index contributed by atoms with van der Waals surface area (Å²) in [5.41, 5.74) is 0.986. The van der Waals surface area contributed by atoms with Gasteiger partial charge in [-0.05, 0) is 25.1 Å². The molecule has 0 heterocycles. The second-order valence-corrected chi connectivity index (χ2v) is 6.04. The second-order valence-electron chi connectivity index (χ2n) is 4.32. The first kappa shape index (κ1) is 14.4. The van der Waals surface area contributed by atoms with E-state index in [0.717, 1.165) is 11.8 Å². The standard InChI is InChI=1S/C13H17NO3S/c1-10(2)13(15)8-9-14-18(16,17)12-6-4-11(3)5-7-12/h4-10,14H,1-3H3/b9-8-. The fraction of sp³-hybridized carbons (Fsp3) is 0.308. The van der Waals surface area contributed by atoms with Crippen LogP contribution in [0.5, 0.6) is 0 Å². The summed E-state index contributed by atoms with van der Waals surface area (Å²) in [4.78, 5) is 11.5. The van der Waals surface area contributed by atoms with Crippen molar-refractivity contribution in [3.05, 3.63) is 42.1 Å². The molecule has 4 nitrogen and oxygen atoms in total. The molecule has 5 heteroatoms. The summed E-state index contributed by atoms with van der Waals surface area (Å²) >= 11 is 0. The minimum absolute atomic E-state index is 0.124. The second kappa shape index (κ2) is 5.82. The smallest absolute Gasteiger partial charge is 0.261 e. The minimum atomic E-state index is -3.59. The summed E-state index contributed by atoms with van der Waals surface area (Å²) in [5.74, 6) is -0.272. The monoisotopic (exact) mass is 267 g/mol. The third-order valence-electron chi connectivity index (χ3n) is 2.37. The highest BCUT2D eigenvalue weighted by molar-refractivity contribution is 7.89. The molecular weight excluding hydrogens is 250 g/mol. The van der Waals surface area contributed by atoms with Crippen molar-refractivity contribution >= 4 is 15.8 Å². The van der Waals surface area contributed by atoms with E-state index in [1.165, 1.54) is 18.2 Å². The van der Waals surface area contributed by atoms with Gasteiger partial charge in [0.15, 0.2) is 5.78 Å². The van der Waals surface area contributed by atoms with Crippen LogP contribution >= 0.6 is 0 Å².